The molecule has 240 valence electrons. The van der Waals surface area contributed by atoms with Gasteiger partial charge in [0.15, 0.2) is 0 Å². The molecule has 3 rings (SSSR count). The molecule has 4 nitrogen and oxygen atoms in total. The van der Waals surface area contributed by atoms with Gasteiger partial charge in [0.05, 0.1) is 17.8 Å². The fourth-order valence-corrected chi connectivity index (χ4v) is 7.25. The maximum absolute atomic E-state index is 10.9. The van der Waals surface area contributed by atoms with Crippen LogP contribution in [-0.2, 0) is 4.74 Å². The number of hydrogen-bond donors (Lipinski definition) is 3. The van der Waals surface area contributed by atoms with Crippen molar-refractivity contribution < 1.29 is 20.1 Å². The van der Waals surface area contributed by atoms with E-state index < -0.39 is 11.7 Å². The molecule has 0 bridgehead atoms. The molecule has 0 spiro atoms. The number of allylic oxidation sites excluding steroid dienone is 15. The van der Waals surface area contributed by atoms with E-state index in [1.165, 1.54) is 0 Å². The van der Waals surface area contributed by atoms with Crippen LogP contribution in [0.5, 0.6) is 0 Å². The Morgan fingerprint density at radius 3 is 1.73 bits per heavy atom. The van der Waals surface area contributed by atoms with Crippen molar-refractivity contribution in [2.24, 2.45) is 10.8 Å². The van der Waals surface area contributed by atoms with E-state index >= 15 is 0 Å². The molecule has 5 atom stereocenters. The van der Waals surface area contributed by atoms with Crippen molar-refractivity contribution in [2.75, 3.05) is 0 Å². The Morgan fingerprint density at radius 1 is 0.682 bits per heavy atom. The Kier molecular flexibility index (Phi) is 11.2. The predicted molar refractivity (Wildman–Crippen MR) is 184 cm³/mol. The second kappa shape index (κ2) is 13.7. The van der Waals surface area contributed by atoms with Crippen molar-refractivity contribution in [3.63, 3.8) is 0 Å². The molecule has 1 aliphatic heterocycles. The summed E-state index contributed by atoms with van der Waals surface area (Å²) in [5, 5.41) is 31.2. The van der Waals surface area contributed by atoms with Crippen molar-refractivity contribution in [1.82, 2.24) is 0 Å². The van der Waals surface area contributed by atoms with Gasteiger partial charge >= 0.3 is 0 Å². The molecule has 0 unspecified atom stereocenters. The van der Waals surface area contributed by atoms with E-state index in [4.69, 9.17) is 4.74 Å². The van der Waals surface area contributed by atoms with Crippen LogP contribution in [0, 0.1) is 10.8 Å². The van der Waals surface area contributed by atoms with E-state index in [1.807, 2.05) is 37.3 Å². The SMILES string of the molecule is CC(C=C[C@@]12O[C@]1(C)C[C@@H](O)CC2(C)C)=CC=CC(C)=C/C=C/C=C(C)/C=C/C=C(C)C=C=C1C(C)(C)C[C@H](O)C[C@@]1(C)O. The summed E-state index contributed by atoms with van der Waals surface area (Å²) in [6, 6.07) is 0. The maximum Gasteiger partial charge on any atom is 0.121 e. The van der Waals surface area contributed by atoms with E-state index in [-0.39, 0.29) is 28.1 Å². The van der Waals surface area contributed by atoms with E-state index in [1.54, 1.807) is 6.92 Å². The van der Waals surface area contributed by atoms with Crippen LogP contribution in [0.4, 0.5) is 0 Å². The van der Waals surface area contributed by atoms with Crippen LogP contribution in [0.3, 0.4) is 0 Å². The molecule has 4 heteroatoms. The second-order valence-corrected chi connectivity index (χ2v) is 15.0. The summed E-state index contributed by atoms with van der Waals surface area (Å²) < 4.78 is 6.24. The third kappa shape index (κ3) is 8.71. The van der Waals surface area contributed by atoms with Gasteiger partial charge in [-0.25, -0.2) is 0 Å². The lowest BCUT2D eigenvalue weighted by Crippen LogP contribution is -2.46. The average Bonchev–Trinajstić information content (AvgIpc) is 3.49. The quantitative estimate of drug-likeness (QED) is 0.141. The Labute approximate surface area is 267 Å². The lowest BCUT2D eigenvalue weighted by atomic mass is 9.63. The smallest absolute Gasteiger partial charge is 0.121 e. The van der Waals surface area contributed by atoms with Gasteiger partial charge in [0, 0.05) is 23.8 Å². The van der Waals surface area contributed by atoms with Crippen LogP contribution in [0.1, 0.15) is 94.9 Å². The number of hydrogen-bond acceptors (Lipinski definition) is 4. The minimum atomic E-state index is -1.05. The standard InChI is InChI=1S/C40H56O4/c1-29(17-13-19-31(3)21-22-35-36(5,6)25-33(41)27-38(35,9)43)15-11-12-16-30(2)18-14-20-32(4)23-24-40-37(7,8)26-34(42)28-39(40,10)44-40/h11-21,23-24,33-34,41-43H,25-28H2,1-10H3/b12-11+,17-13+,18-14?,24-23?,29-15+,30-16?,31-19?,32-20?/t22?,33-,34-,38+,39+,40-/m0/s1. The highest BCUT2D eigenvalue weighted by Crippen LogP contribution is 2.66. The van der Waals surface area contributed by atoms with Gasteiger partial charge in [-0.1, -0.05) is 111 Å². The molecule has 2 saturated carbocycles. The topological polar surface area (TPSA) is 73.2 Å². The summed E-state index contributed by atoms with van der Waals surface area (Å²) >= 11 is 0. The largest absolute Gasteiger partial charge is 0.393 e. The van der Waals surface area contributed by atoms with Crippen LogP contribution in [0.15, 0.2) is 113 Å². The first kappa shape index (κ1) is 35.8. The Balaban J connectivity index is 1.53. The van der Waals surface area contributed by atoms with Crippen LogP contribution in [0.2, 0.25) is 0 Å². The number of aliphatic hydroxyl groups is 3. The van der Waals surface area contributed by atoms with Gasteiger partial charge < -0.3 is 20.1 Å². The fraction of sp³-hybridized carbons (Fsp3) is 0.525. The molecule has 2 aliphatic carbocycles. The van der Waals surface area contributed by atoms with Gasteiger partial charge in [-0.05, 0) is 77.5 Å². The van der Waals surface area contributed by atoms with E-state index in [0.29, 0.717) is 19.3 Å². The zero-order valence-corrected chi connectivity index (χ0v) is 28.7. The zero-order chi connectivity index (χ0) is 33.0. The zero-order valence-electron chi connectivity index (χ0n) is 28.7. The molecule has 0 aromatic carbocycles. The highest BCUT2D eigenvalue weighted by atomic mass is 16.6. The number of aliphatic hydroxyl groups excluding tert-OH is 2. The average molecular weight is 601 g/mol. The van der Waals surface area contributed by atoms with Gasteiger partial charge in [0.25, 0.3) is 0 Å². The molecular formula is C40H56O4. The molecule has 3 N–H and O–H groups in total. The van der Waals surface area contributed by atoms with Crippen molar-refractivity contribution in [3.05, 3.63) is 113 Å². The number of epoxide rings is 1. The van der Waals surface area contributed by atoms with Crippen molar-refractivity contribution in [3.8, 4) is 0 Å². The van der Waals surface area contributed by atoms with E-state index in [2.05, 4.69) is 110 Å². The highest BCUT2D eigenvalue weighted by Gasteiger charge is 2.74. The van der Waals surface area contributed by atoms with Crippen molar-refractivity contribution in [1.29, 1.82) is 0 Å². The minimum Gasteiger partial charge on any atom is -0.393 e. The summed E-state index contributed by atoms with van der Waals surface area (Å²) in [7, 11) is 0. The van der Waals surface area contributed by atoms with Gasteiger partial charge in [0.1, 0.15) is 11.2 Å². The normalized spacial score (nSPS) is 34.7. The van der Waals surface area contributed by atoms with Crippen LogP contribution < -0.4 is 0 Å². The van der Waals surface area contributed by atoms with Crippen molar-refractivity contribution >= 4 is 0 Å². The fourth-order valence-electron chi connectivity index (χ4n) is 7.25. The monoisotopic (exact) mass is 600 g/mol. The summed E-state index contributed by atoms with van der Waals surface area (Å²) in [6.45, 7) is 20.6. The van der Waals surface area contributed by atoms with Crippen LogP contribution >= 0.6 is 0 Å². The molecule has 0 radical (unpaired) electrons. The van der Waals surface area contributed by atoms with Crippen LogP contribution in [-0.4, -0.2) is 44.3 Å². The van der Waals surface area contributed by atoms with Crippen LogP contribution in [0.25, 0.3) is 0 Å². The highest BCUT2D eigenvalue weighted by molar-refractivity contribution is 5.37. The Morgan fingerprint density at radius 2 is 1.18 bits per heavy atom. The summed E-state index contributed by atoms with van der Waals surface area (Å²) in [4.78, 5) is 0. The minimum absolute atomic E-state index is 0.103. The molecule has 0 amide bonds. The molecule has 3 aliphatic rings. The molecule has 3 fully saturated rings. The van der Waals surface area contributed by atoms with E-state index in [9.17, 15) is 15.3 Å². The predicted octanol–water partition coefficient (Wildman–Crippen LogP) is 8.72. The van der Waals surface area contributed by atoms with Gasteiger partial charge in [-0.15, -0.1) is 5.73 Å². The Bertz CT molecular complexity index is 1360. The number of ether oxygens (including phenoxy) is 1. The summed E-state index contributed by atoms with van der Waals surface area (Å²) in [5.41, 5.74) is 6.63. The maximum atomic E-state index is 10.9. The Hall–Kier alpha value is -2.72. The third-order valence-corrected chi connectivity index (χ3v) is 9.39. The first-order valence-electron chi connectivity index (χ1n) is 16.0. The molecular weight excluding hydrogens is 544 g/mol. The van der Waals surface area contributed by atoms with Gasteiger partial charge in [0.2, 0.25) is 0 Å². The lowest BCUT2D eigenvalue weighted by Gasteiger charge is -2.43. The number of rotatable bonds is 9. The molecule has 1 heterocycles. The summed E-state index contributed by atoms with van der Waals surface area (Å²) in [5.74, 6) is 0. The first-order valence-corrected chi connectivity index (χ1v) is 16.0. The third-order valence-electron chi connectivity index (χ3n) is 9.39. The van der Waals surface area contributed by atoms with Gasteiger partial charge in [-0.3, -0.25) is 0 Å². The van der Waals surface area contributed by atoms with Crippen molar-refractivity contribution in [2.45, 2.75) is 124 Å². The first-order chi connectivity index (χ1) is 20.3. The molecule has 1 saturated heterocycles. The summed E-state index contributed by atoms with van der Waals surface area (Å²) in [6.07, 6.45) is 28.5. The molecule has 0 aromatic heterocycles. The van der Waals surface area contributed by atoms with E-state index in [0.717, 1.165) is 34.3 Å². The molecule has 44 heavy (non-hydrogen) atoms. The van der Waals surface area contributed by atoms with Gasteiger partial charge in [-0.2, -0.15) is 0 Å². The lowest BCUT2D eigenvalue weighted by molar-refractivity contribution is -0.0268. The number of fused-ring (bicyclic) bond motifs is 1. The molecule has 0 aromatic rings. The second-order valence-electron chi connectivity index (χ2n) is 15.0.